The Morgan fingerprint density at radius 3 is 1.95 bits per heavy atom. The summed E-state index contributed by atoms with van der Waals surface area (Å²) in [5.74, 6) is 1.89. The van der Waals surface area contributed by atoms with Gasteiger partial charge in [-0.25, -0.2) is 0 Å². The van der Waals surface area contributed by atoms with E-state index in [0.717, 1.165) is 54.7 Å². The lowest BCUT2D eigenvalue weighted by atomic mass is 9.91. The Kier molecular flexibility index (Phi) is 11.8. The van der Waals surface area contributed by atoms with Gasteiger partial charge in [-0.15, -0.1) is 0 Å². The number of ether oxygens (including phenoxy) is 2. The van der Waals surface area contributed by atoms with Crippen LogP contribution in [-0.2, 0) is 12.8 Å². The average Bonchev–Trinajstić information content (AvgIpc) is 2.89. The SMILES string of the molecule is CCCCc1ccc(OC(C)(C)C)c(/C=N/C2CCCCC2/N=C/c2cccc(CCCC)c2OC(C)(C)C)c1. The largest absolute Gasteiger partial charge is 0.487 e. The fraction of sp³-hybridized carbons (Fsp3) is 0.611. The third kappa shape index (κ3) is 10.4. The molecule has 220 valence electrons. The molecule has 0 heterocycles. The molecule has 0 amide bonds. The van der Waals surface area contributed by atoms with Crippen LogP contribution in [0.15, 0.2) is 46.4 Å². The number of hydrogen-bond donors (Lipinski definition) is 0. The Hall–Kier alpha value is -2.62. The van der Waals surface area contributed by atoms with E-state index in [0.29, 0.717) is 0 Å². The molecule has 1 saturated carbocycles. The topological polar surface area (TPSA) is 43.2 Å². The zero-order valence-corrected chi connectivity index (χ0v) is 26.6. The van der Waals surface area contributed by atoms with Crippen molar-refractivity contribution in [3.05, 3.63) is 58.7 Å². The highest BCUT2D eigenvalue weighted by Gasteiger charge is 2.24. The number of rotatable bonds is 12. The van der Waals surface area contributed by atoms with Gasteiger partial charge in [-0.2, -0.15) is 0 Å². The highest BCUT2D eigenvalue weighted by Crippen LogP contribution is 2.30. The molecular formula is C36H54N2O2. The zero-order chi connectivity index (χ0) is 29.2. The third-order valence-electron chi connectivity index (χ3n) is 7.15. The molecule has 0 aliphatic heterocycles. The van der Waals surface area contributed by atoms with Crippen LogP contribution in [-0.4, -0.2) is 35.7 Å². The molecule has 2 atom stereocenters. The van der Waals surface area contributed by atoms with Gasteiger partial charge in [0.15, 0.2) is 0 Å². The second-order valence-electron chi connectivity index (χ2n) is 13.3. The maximum Gasteiger partial charge on any atom is 0.132 e. The van der Waals surface area contributed by atoms with E-state index >= 15 is 0 Å². The van der Waals surface area contributed by atoms with Crippen LogP contribution in [0.1, 0.15) is 129 Å². The predicted octanol–water partition coefficient (Wildman–Crippen LogP) is 9.58. The van der Waals surface area contributed by atoms with Crippen molar-refractivity contribution >= 4 is 12.4 Å². The molecule has 2 unspecified atom stereocenters. The lowest BCUT2D eigenvalue weighted by Crippen LogP contribution is -2.27. The van der Waals surface area contributed by atoms with E-state index in [4.69, 9.17) is 19.5 Å². The minimum absolute atomic E-state index is 0.169. The van der Waals surface area contributed by atoms with Gasteiger partial charge in [-0.1, -0.05) is 57.7 Å². The number of unbranched alkanes of at least 4 members (excludes halogenated alkanes) is 2. The van der Waals surface area contributed by atoms with Crippen molar-refractivity contribution in [2.75, 3.05) is 0 Å². The minimum Gasteiger partial charge on any atom is -0.487 e. The van der Waals surface area contributed by atoms with Crippen LogP contribution >= 0.6 is 0 Å². The Labute approximate surface area is 244 Å². The van der Waals surface area contributed by atoms with Crippen molar-refractivity contribution in [1.29, 1.82) is 0 Å². The van der Waals surface area contributed by atoms with Crippen LogP contribution in [0.4, 0.5) is 0 Å². The molecule has 4 heteroatoms. The van der Waals surface area contributed by atoms with Gasteiger partial charge in [0.2, 0.25) is 0 Å². The lowest BCUT2D eigenvalue weighted by molar-refractivity contribution is 0.129. The lowest BCUT2D eigenvalue weighted by Gasteiger charge is -2.27. The molecule has 2 aromatic carbocycles. The summed E-state index contributed by atoms with van der Waals surface area (Å²) in [6, 6.07) is 13.4. The number of aliphatic imine (C=N–C) groups is 2. The van der Waals surface area contributed by atoms with Crippen molar-refractivity contribution in [1.82, 2.24) is 0 Å². The van der Waals surface area contributed by atoms with E-state index in [9.17, 15) is 0 Å². The Morgan fingerprint density at radius 1 is 0.750 bits per heavy atom. The first-order valence-corrected chi connectivity index (χ1v) is 15.7. The first-order chi connectivity index (χ1) is 19.0. The average molecular weight is 547 g/mol. The van der Waals surface area contributed by atoms with Crippen molar-refractivity contribution < 1.29 is 9.47 Å². The Balaban J connectivity index is 1.87. The van der Waals surface area contributed by atoms with Crippen LogP contribution in [0.3, 0.4) is 0 Å². The summed E-state index contributed by atoms with van der Waals surface area (Å²) in [7, 11) is 0. The molecule has 0 radical (unpaired) electrons. The van der Waals surface area contributed by atoms with E-state index in [2.05, 4.69) is 104 Å². The van der Waals surface area contributed by atoms with E-state index in [1.165, 1.54) is 43.2 Å². The fourth-order valence-electron chi connectivity index (χ4n) is 5.15. The number of benzene rings is 2. The fourth-order valence-corrected chi connectivity index (χ4v) is 5.15. The molecule has 0 spiro atoms. The summed E-state index contributed by atoms with van der Waals surface area (Å²) < 4.78 is 12.8. The Morgan fingerprint density at radius 2 is 1.35 bits per heavy atom. The summed E-state index contributed by atoms with van der Waals surface area (Å²) in [6.45, 7) is 17.1. The molecule has 1 fully saturated rings. The van der Waals surface area contributed by atoms with Gasteiger partial charge in [0.1, 0.15) is 22.7 Å². The molecule has 0 aromatic heterocycles. The van der Waals surface area contributed by atoms with Gasteiger partial charge >= 0.3 is 0 Å². The molecule has 0 N–H and O–H groups in total. The summed E-state index contributed by atoms with van der Waals surface area (Å²) in [6.07, 6.45) is 15.4. The van der Waals surface area contributed by atoms with Crippen molar-refractivity contribution in [2.24, 2.45) is 9.98 Å². The van der Waals surface area contributed by atoms with E-state index in [1.807, 2.05) is 0 Å². The zero-order valence-electron chi connectivity index (χ0n) is 26.6. The van der Waals surface area contributed by atoms with Crippen molar-refractivity contribution in [3.8, 4) is 11.5 Å². The summed E-state index contributed by atoms with van der Waals surface area (Å²) in [4.78, 5) is 10.3. The van der Waals surface area contributed by atoms with Crippen LogP contribution in [0.2, 0.25) is 0 Å². The number of aryl methyl sites for hydroxylation is 2. The molecular weight excluding hydrogens is 492 g/mol. The first-order valence-electron chi connectivity index (χ1n) is 15.7. The second kappa shape index (κ2) is 14.8. The van der Waals surface area contributed by atoms with Gasteiger partial charge in [0.25, 0.3) is 0 Å². The second-order valence-corrected chi connectivity index (χ2v) is 13.3. The summed E-state index contributed by atoms with van der Waals surface area (Å²) in [5, 5.41) is 0. The molecule has 0 saturated heterocycles. The number of hydrogen-bond acceptors (Lipinski definition) is 4. The standard InChI is InChI=1S/C36H54N2O2/c1-9-11-16-27-22-23-33(39-35(3,4)5)30(24-27)26-38-32-21-14-13-20-31(32)37-25-29-19-15-18-28(17-12-10-2)34(29)40-36(6,7)8/h15,18-19,22-26,31-32H,9-14,16-17,20-21H2,1-8H3/b37-25+,38-26+. The maximum atomic E-state index is 6.49. The van der Waals surface area contributed by atoms with E-state index < -0.39 is 0 Å². The highest BCUT2D eigenvalue weighted by atomic mass is 16.5. The third-order valence-corrected chi connectivity index (χ3v) is 7.15. The van der Waals surface area contributed by atoms with Gasteiger partial charge in [-0.3, -0.25) is 9.98 Å². The highest BCUT2D eigenvalue weighted by molar-refractivity contribution is 5.85. The van der Waals surface area contributed by atoms with Gasteiger partial charge in [0, 0.05) is 23.6 Å². The molecule has 3 rings (SSSR count). The maximum absolute atomic E-state index is 6.49. The monoisotopic (exact) mass is 546 g/mol. The summed E-state index contributed by atoms with van der Waals surface area (Å²) >= 11 is 0. The van der Waals surface area contributed by atoms with E-state index in [1.54, 1.807) is 0 Å². The van der Waals surface area contributed by atoms with Gasteiger partial charge < -0.3 is 9.47 Å². The molecule has 4 nitrogen and oxygen atoms in total. The summed E-state index contributed by atoms with van der Waals surface area (Å²) in [5.41, 5.74) is 4.23. The van der Waals surface area contributed by atoms with Crippen molar-refractivity contribution in [3.63, 3.8) is 0 Å². The van der Waals surface area contributed by atoms with Crippen LogP contribution in [0.5, 0.6) is 11.5 Å². The molecule has 1 aliphatic rings. The normalized spacial score (nSPS) is 18.5. The molecule has 0 bridgehead atoms. The first kappa shape index (κ1) is 31.9. The van der Waals surface area contributed by atoms with E-state index in [-0.39, 0.29) is 23.3 Å². The smallest absolute Gasteiger partial charge is 0.132 e. The number of nitrogens with zero attached hydrogens (tertiary/aromatic N) is 2. The van der Waals surface area contributed by atoms with Crippen LogP contribution < -0.4 is 9.47 Å². The quantitative estimate of drug-likeness (QED) is 0.249. The van der Waals surface area contributed by atoms with Crippen LogP contribution in [0.25, 0.3) is 0 Å². The predicted molar refractivity (Wildman–Crippen MR) is 172 cm³/mol. The Bertz CT molecular complexity index is 1100. The van der Waals surface area contributed by atoms with Crippen LogP contribution in [0, 0.1) is 0 Å². The van der Waals surface area contributed by atoms with Gasteiger partial charge in [-0.05, 0) is 109 Å². The van der Waals surface area contributed by atoms with Gasteiger partial charge in [0.05, 0.1) is 12.1 Å². The molecule has 40 heavy (non-hydrogen) atoms. The van der Waals surface area contributed by atoms with Crippen molar-refractivity contribution in [2.45, 2.75) is 143 Å². The molecule has 1 aliphatic carbocycles. The number of para-hydroxylation sites is 1. The molecule has 2 aromatic rings. The minimum atomic E-state index is -0.263.